The summed E-state index contributed by atoms with van der Waals surface area (Å²) in [7, 11) is 3.59. The van der Waals surface area contributed by atoms with Crippen molar-refractivity contribution in [1.29, 1.82) is 0 Å². The van der Waals surface area contributed by atoms with Gasteiger partial charge in [0.1, 0.15) is 11.6 Å². The molecule has 6 heteroatoms. The highest BCUT2D eigenvalue weighted by Gasteiger charge is 2.20. The number of imidazole rings is 1. The normalized spacial score (nSPS) is 12.6. The number of anilines is 1. The van der Waals surface area contributed by atoms with E-state index in [9.17, 15) is 4.79 Å². The molecule has 0 bridgehead atoms. The smallest absolute Gasteiger partial charge is 0.326 e. The summed E-state index contributed by atoms with van der Waals surface area (Å²) in [6, 6.07) is 1.21. The van der Waals surface area contributed by atoms with E-state index in [0.717, 1.165) is 5.52 Å². The highest BCUT2D eigenvalue weighted by Crippen LogP contribution is 2.22. The molecule has 1 unspecified atom stereocenters. The Morgan fingerprint density at radius 1 is 1.53 bits per heavy atom. The van der Waals surface area contributed by atoms with Gasteiger partial charge in [0.25, 0.3) is 0 Å². The van der Waals surface area contributed by atoms with Crippen LogP contribution in [0.15, 0.2) is 18.6 Å². The fraction of sp³-hybridized carbons (Fsp3) is 0.364. The van der Waals surface area contributed by atoms with Crippen molar-refractivity contribution >= 4 is 22.8 Å². The third-order valence-electron chi connectivity index (χ3n) is 2.90. The first kappa shape index (κ1) is 11.4. The lowest BCUT2D eigenvalue weighted by Crippen LogP contribution is -2.36. The van der Waals surface area contributed by atoms with Crippen molar-refractivity contribution in [2.45, 2.75) is 13.0 Å². The van der Waals surface area contributed by atoms with E-state index >= 15 is 0 Å². The highest BCUT2D eigenvalue weighted by atomic mass is 16.4. The van der Waals surface area contributed by atoms with E-state index in [1.165, 1.54) is 0 Å². The summed E-state index contributed by atoms with van der Waals surface area (Å²) >= 11 is 0. The number of rotatable bonds is 3. The zero-order chi connectivity index (χ0) is 12.6. The highest BCUT2D eigenvalue weighted by molar-refractivity contribution is 5.88. The Kier molecular flexibility index (Phi) is 2.71. The van der Waals surface area contributed by atoms with Crippen molar-refractivity contribution in [3.8, 4) is 0 Å². The lowest BCUT2D eigenvalue weighted by atomic mass is 10.3. The van der Waals surface area contributed by atoms with Gasteiger partial charge >= 0.3 is 5.97 Å². The largest absolute Gasteiger partial charge is 0.480 e. The summed E-state index contributed by atoms with van der Waals surface area (Å²) < 4.78 is 1.87. The maximum Gasteiger partial charge on any atom is 0.326 e. The predicted molar refractivity (Wildman–Crippen MR) is 64.0 cm³/mol. The number of carboxylic acid groups (broad SMARTS) is 1. The summed E-state index contributed by atoms with van der Waals surface area (Å²) in [6.45, 7) is 1.62. The van der Waals surface area contributed by atoms with Crippen molar-refractivity contribution in [1.82, 2.24) is 14.5 Å². The van der Waals surface area contributed by atoms with E-state index < -0.39 is 12.0 Å². The number of hydrogen-bond acceptors (Lipinski definition) is 4. The Morgan fingerprint density at radius 3 is 2.88 bits per heavy atom. The summed E-state index contributed by atoms with van der Waals surface area (Å²) in [5.74, 6) is -0.305. The molecule has 0 radical (unpaired) electrons. The number of aryl methyl sites for hydroxylation is 1. The molecule has 0 aromatic carbocycles. The SMILES string of the molecule is CC(C(=O)O)N(C)c1nccc2c1ncn2C. The van der Waals surface area contributed by atoms with Crippen LogP contribution in [0.4, 0.5) is 5.82 Å². The molecule has 2 aromatic heterocycles. The van der Waals surface area contributed by atoms with Crippen molar-refractivity contribution in [3.63, 3.8) is 0 Å². The Bertz CT molecular complexity index is 564. The van der Waals surface area contributed by atoms with E-state index in [4.69, 9.17) is 5.11 Å². The van der Waals surface area contributed by atoms with Crippen LogP contribution in [0.3, 0.4) is 0 Å². The van der Waals surface area contributed by atoms with Crippen LogP contribution in [0.1, 0.15) is 6.92 Å². The summed E-state index contributed by atoms with van der Waals surface area (Å²) in [4.78, 5) is 21.0. The van der Waals surface area contributed by atoms with Crippen LogP contribution >= 0.6 is 0 Å². The van der Waals surface area contributed by atoms with Crippen LogP contribution in [0, 0.1) is 0 Å². The van der Waals surface area contributed by atoms with Gasteiger partial charge in [-0.15, -0.1) is 0 Å². The number of carboxylic acids is 1. The quantitative estimate of drug-likeness (QED) is 0.853. The van der Waals surface area contributed by atoms with E-state index in [1.807, 2.05) is 17.7 Å². The van der Waals surface area contributed by atoms with Crippen LogP contribution in [-0.4, -0.2) is 38.7 Å². The molecular formula is C11H14N4O2. The number of likely N-dealkylation sites (N-methyl/N-ethyl adjacent to an activating group) is 1. The second-order valence-electron chi connectivity index (χ2n) is 3.98. The Labute approximate surface area is 98.5 Å². The van der Waals surface area contributed by atoms with Crippen LogP contribution in [0.25, 0.3) is 11.0 Å². The number of aromatic nitrogens is 3. The standard InChI is InChI=1S/C11H14N4O2/c1-7(11(16)17)15(3)10-9-8(4-5-12-10)14(2)6-13-9/h4-7H,1-3H3,(H,16,17). The number of fused-ring (bicyclic) bond motifs is 1. The van der Waals surface area contributed by atoms with E-state index in [-0.39, 0.29) is 0 Å². The fourth-order valence-electron chi connectivity index (χ4n) is 1.66. The molecule has 0 fully saturated rings. The van der Waals surface area contributed by atoms with Gasteiger partial charge in [0, 0.05) is 20.3 Å². The average molecular weight is 234 g/mol. The summed E-state index contributed by atoms with van der Waals surface area (Å²) in [5, 5.41) is 9.00. The molecule has 1 N–H and O–H groups in total. The zero-order valence-corrected chi connectivity index (χ0v) is 9.95. The minimum Gasteiger partial charge on any atom is -0.480 e. The van der Waals surface area contributed by atoms with E-state index in [2.05, 4.69) is 9.97 Å². The zero-order valence-electron chi connectivity index (χ0n) is 9.95. The molecule has 17 heavy (non-hydrogen) atoms. The molecule has 0 aliphatic carbocycles. The second-order valence-corrected chi connectivity index (χ2v) is 3.98. The average Bonchev–Trinajstić information content (AvgIpc) is 2.69. The molecular weight excluding hydrogens is 220 g/mol. The number of pyridine rings is 1. The topological polar surface area (TPSA) is 71.2 Å². The van der Waals surface area contributed by atoms with Gasteiger partial charge in [-0.2, -0.15) is 0 Å². The second kappa shape index (κ2) is 4.04. The maximum atomic E-state index is 11.0. The van der Waals surface area contributed by atoms with Crippen LogP contribution in [-0.2, 0) is 11.8 Å². The predicted octanol–water partition coefficient (Wildman–Crippen LogP) is 0.878. The first-order valence-electron chi connectivity index (χ1n) is 5.24. The fourth-order valence-corrected chi connectivity index (χ4v) is 1.66. The van der Waals surface area contributed by atoms with Crippen molar-refractivity contribution in [2.24, 2.45) is 7.05 Å². The van der Waals surface area contributed by atoms with Gasteiger partial charge in [-0.3, -0.25) is 0 Å². The van der Waals surface area contributed by atoms with Crippen LogP contribution in [0.5, 0.6) is 0 Å². The van der Waals surface area contributed by atoms with Gasteiger partial charge in [-0.1, -0.05) is 0 Å². The molecule has 2 aromatic rings. The number of hydrogen-bond donors (Lipinski definition) is 1. The third-order valence-corrected chi connectivity index (χ3v) is 2.90. The van der Waals surface area contributed by atoms with Crippen molar-refractivity contribution in [3.05, 3.63) is 18.6 Å². The Hall–Kier alpha value is -2.11. The van der Waals surface area contributed by atoms with E-state index in [0.29, 0.717) is 11.3 Å². The lowest BCUT2D eigenvalue weighted by Gasteiger charge is -2.22. The summed E-state index contributed by atoms with van der Waals surface area (Å²) in [6.07, 6.45) is 3.35. The molecule has 90 valence electrons. The van der Waals surface area contributed by atoms with Gasteiger partial charge in [0.2, 0.25) is 0 Å². The molecule has 6 nitrogen and oxygen atoms in total. The van der Waals surface area contributed by atoms with Gasteiger partial charge in [-0.25, -0.2) is 14.8 Å². The molecule has 2 rings (SSSR count). The van der Waals surface area contributed by atoms with E-state index in [1.54, 1.807) is 31.4 Å². The lowest BCUT2D eigenvalue weighted by molar-refractivity contribution is -0.138. The molecule has 0 saturated carbocycles. The molecule has 0 aliphatic rings. The molecule has 0 amide bonds. The van der Waals surface area contributed by atoms with Gasteiger partial charge < -0.3 is 14.6 Å². The Balaban J connectivity index is 2.52. The van der Waals surface area contributed by atoms with Crippen LogP contribution in [0.2, 0.25) is 0 Å². The molecule has 2 heterocycles. The molecule has 0 saturated heterocycles. The first-order valence-corrected chi connectivity index (χ1v) is 5.24. The van der Waals surface area contributed by atoms with Gasteiger partial charge in [0.15, 0.2) is 5.82 Å². The maximum absolute atomic E-state index is 11.0. The van der Waals surface area contributed by atoms with Crippen LogP contribution < -0.4 is 4.90 Å². The van der Waals surface area contributed by atoms with Gasteiger partial charge in [0.05, 0.1) is 11.8 Å². The first-order chi connectivity index (χ1) is 8.02. The Morgan fingerprint density at radius 2 is 2.24 bits per heavy atom. The third kappa shape index (κ3) is 1.82. The van der Waals surface area contributed by atoms with Crippen molar-refractivity contribution in [2.75, 3.05) is 11.9 Å². The monoisotopic (exact) mass is 234 g/mol. The van der Waals surface area contributed by atoms with Crippen molar-refractivity contribution < 1.29 is 9.90 Å². The minimum atomic E-state index is -0.887. The summed E-state index contributed by atoms with van der Waals surface area (Å²) in [5.41, 5.74) is 1.64. The number of nitrogens with zero attached hydrogens (tertiary/aromatic N) is 4. The minimum absolute atomic E-state index is 0.581. The molecule has 1 atom stereocenters. The van der Waals surface area contributed by atoms with Gasteiger partial charge in [-0.05, 0) is 13.0 Å². The number of carbonyl (C=O) groups is 1. The number of aliphatic carboxylic acids is 1. The molecule has 0 aliphatic heterocycles. The molecule has 0 spiro atoms.